The zero-order chi connectivity index (χ0) is 25.1. The van der Waals surface area contributed by atoms with Crippen LogP contribution in [0.15, 0.2) is 58.5 Å². The first-order valence-electron chi connectivity index (χ1n) is 11.4. The molecule has 1 saturated heterocycles. The minimum Gasteiger partial charge on any atom is -0.444 e. The van der Waals surface area contributed by atoms with E-state index in [-0.39, 0.29) is 6.10 Å². The number of cyclic esters (lactones) is 1. The van der Waals surface area contributed by atoms with Crippen molar-refractivity contribution in [3.63, 3.8) is 0 Å². The lowest BCUT2D eigenvalue weighted by Crippen LogP contribution is -2.41. The summed E-state index contributed by atoms with van der Waals surface area (Å²) in [4.78, 5) is 31.4. The van der Waals surface area contributed by atoms with Gasteiger partial charge in [-0.15, -0.1) is 0 Å². The quantitative estimate of drug-likeness (QED) is 0.531. The molecule has 5 rings (SSSR count). The molecule has 2 aromatic heterocycles. The van der Waals surface area contributed by atoms with Crippen molar-refractivity contribution in [3.05, 3.63) is 60.4 Å². The van der Waals surface area contributed by atoms with E-state index >= 15 is 4.39 Å². The molecule has 2 amide bonds. The molecule has 0 bridgehead atoms. The monoisotopic (exact) mass is 494 g/mol. The van der Waals surface area contributed by atoms with Crippen LogP contribution in [0.25, 0.3) is 11.1 Å². The lowest BCUT2D eigenvalue weighted by atomic mass is 10.1. The Bertz CT molecular complexity index is 1270. The standard InChI is InChI=1S/C24H23FN6O5/c25-21-11-18(30-13-19(36-24(30)34)4-2-17-7-10-35-28-17)3-5-20(21)16-1-6-22(26-12-16)29-8-9-31(27-15-29)23(33)14-32/h1,3,5-7,10-12,15,19,32H,2,4,8-9,13-14H2/t19-/m0/s1. The van der Waals surface area contributed by atoms with Crippen LogP contribution < -0.4 is 9.80 Å². The number of pyridine rings is 1. The molecule has 1 atom stereocenters. The fourth-order valence-electron chi connectivity index (χ4n) is 4.07. The van der Waals surface area contributed by atoms with Crippen molar-refractivity contribution >= 4 is 29.8 Å². The van der Waals surface area contributed by atoms with Crippen LogP contribution in [0.4, 0.5) is 20.7 Å². The van der Waals surface area contributed by atoms with Gasteiger partial charge in [-0.05, 0) is 43.2 Å². The number of benzene rings is 1. The van der Waals surface area contributed by atoms with Crippen molar-refractivity contribution < 1.29 is 28.3 Å². The van der Waals surface area contributed by atoms with E-state index < -0.39 is 24.4 Å². The third-order valence-corrected chi connectivity index (χ3v) is 6.01. The van der Waals surface area contributed by atoms with Crippen LogP contribution in [-0.4, -0.2) is 70.9 Å². The number of rotatable bonds is 7. The number of amides is 2. The average molecular weight is 494 g/mol. The van der Waals surface area contributed by atoms with E-state index in [9.17, 15) is 9.59 Å². The van der Waals surface area contributed by atoms with E-state index in [0.29, 0.717) is 55.1 Å². The Morgan fingerprint density at radius 1 is 1.19 bits per heavy atom. The van der Waals surface area contributed by atoms with Crippen LogP contribution >= 0.6 is 0 Å². The van der Waals surface area contributed by atoms with E-state index in [1.54, 1.807) is 41.4 Å². The number of carbonyl (C=O) groups is 2. The van der Waals surface area contributed by atoms with Crippen molar-refractivity contribution in [1.29, 1.82) is 0 Å². The third kappa shape index (κ3) is 4.89. The Labute approximate surface area is 205 Å². The first-order chi connectivity index (χ1) is 17.5. The largest absolute Gasteiger partial charge is 0.444 e. The first-order valence-corrected chi connectivity index (χ1v) is 11.4. The van der Waals surface area contributed by atoms with Crippen molar-refractivity contribution in [2.75, 3.05) is 36.0 Å². The second kappa shape index (κ2) is 10.1. The number of aliphatic hydroxyl groups is 1. The summed E-state index contributed by atoms with van der Waals surface area (Å²) in [5.41, 5.74) is 2.12. The minimum absolute atomic E-state index is 0.315. The van der Waals surface area contributed by atoms with Crippen LogP contribution in [0.2, 0.25) is 0 Å². The normalized spacial score (nSPS) is 17.6. The second-order valence-electron chi connectivity index (χ2n) is 8.31. The van der Waals surface area contributed by atoms with Gasteiger partial charge in [0.2, 0.25) is 0 Å². The van der Waals surface area contributed by atoms with E-state index in [4.69, 9.17) is 14.4 Å². The summed E-state index contributed by atoms with van der Waals surface area (Å²) in [5, 5.41) is 18.0. The highest BCUT2D eigenvalue weighted by atomic mass is 19.1. The van der Waals surface area contributed by atoms with E-state index in [0.717, 1.165) is 5.69 Å². The summed E-state index contributed by atoms with van der Waals surface area (Å²) in [7, 11) is 0. The third-order valence-electron chi connectivity index (χ3n) is 6.01. The van der Waals surface area contributed by atoms with Gasteiger partial charge in [0.25, 0.3) is 5.91 Å². The van der Waals surface area contributed by atoms with Gasteiger partial charge in [-0.1, -0.05) is 5.16 Å². The van der Waals surface area contributed by atoms with Gasteiger partial charge in [0.05, 0.1) is 24.5 Å². The highest BCUT2D eigenvalue weighted by Crippen LogP contribution is 2.30. The summed E-state index contributed by atoms with van der Waals surface area (Å²) in [6.07, 6.45) is 4.88. The molecule has 11 nitrogen and oxygen atoms in total. The zero-order valence-electron chi connectivity index (χ0n) is 19.2. The number of hydrazone groups is 1. The maximum absolute atomic E-state index is 15.0. The van der Waals surface area contributed by atoms with Gasteiger partial charge >= 0.3 is 6.09 Å². The summed E-state index contributed by atoms with van der Waals surface area (Å²) in [6.45, 7) is 0.494. The number of halogens is 1. The molecule has 0 spiro atoms. The Kier molecular flexibility index (Phi) is 6.58. The molecule has 1 fully saturated rings. The summed E-state index contributed by atoms with van der Waals surface area (Å²) in [6, 6.07) is 9.84. The molecule has 4 heterocycles. The number of anilines is 2. The Hall–Kier alpha value is -4.32. The first kappa shape index (κ1) is 23.4. The molecular formula is C24H23FN6O5. The second-order valence-corrected chi connectivity index (χ2v) is 8.31. The van der Waals surface area contributed by atoms with Crippen LogP contribution in [0, 0.1) is 5.82 Å². The molecule has 12 heteroatoms. The van der Waals surface area contributed by atoms with Gasteiger partial charge in [-0.2, -0.15) is 5.10 Å². The number of hydrogen-bond acceptors (Lipinski definition) is 9. The summed E-state index contributed by atoms with van der Waals surface area (Å²) >= 11 is 0. The van der Waals surface area contributed by atoms with Gasteiger partial charge in [0.15, 0.2) is 0 Å². The number of aromatic nitrogens is 2. The molecule has 0 radical (unpaired) electrons. The van der Waals surface area contributed by atoms with Crippen molar-refractivity contribution in [3.8, 4) is 11.1 Å². The maximum Gasteiger partial charge on any atom is 0.414 e. The fraction of sp³-hybridized carbons (Fsp3) is 0.292. The number of nitrogens with zero attached hydrogens (tertiary/aromatic N) is 6. The highest BCUT2D eigenvalue weighted by Gasteiger charge is 2.32. The summed E-state index contributed by atoms with van der Waals surface area (Å²) in [5.74, 6) is -0.372. The molecule has 1 N–H and O–H groups in total. The molecule has 1 aromatic carbocycles. The lowest BCUT2D eigenvalue weighted by Gasteiger charge is -2.27. The van der Waals surface area contributed by atoms with Crippen LogP contribution in [0.3, 0.4) is 0 Å². The molecule has 3 aromatic rings. The predicted octanol–water partition coefficient (Wildman–Crippen LogP) is 2.42. The molecule has 186 valence electrons. The smallest absolute Gasteiger partial charge is 0.414 e. The predicted molar refractivity (Wildman–Crippen MR) is 127 cm³/mol. The molecule has 2 aliphatic rings. The molecule has 0 aliphatic carbocycles. The van der Waals surface area contributed by atoms with Gasteiger partial charge in [-0.3, -0.25) is 9.69 Å². The van der Waals surface area contributed by atoms with E-state index in [1.807, 2.05) is 0 Å². The van der Waals surface area contributed by atoms with Crippen LogP contribution in [0.1, 0.15) is 12.1 Å². The highest BCUT2D eigenvalue weighted by molar-refractivity contribution is 5.90. The van der Waals surface area contributed by atoms with Gasteiger partial charge < -0.3 is 19.3 Å². The Morgan fingerprint density at radius 2 is 2.08 bits per heavy atom. The molecule has 36 heavy (non-hydrogen) atoms. The van der Waals surface area contributed by atoms with Gasteiger partial charge in [-0.25, -0.2) is 19.2 Å². The molecule has 2 aliphatic heterocycles. The average Bonchev–Trinajstić information content (AvgIpc) is 3.56. The van der Waals surface area contributed by atoms with Crippen molar-refractivity contribution in [2.45, 2.75) is 18.9 Å². The van der Waals surface area contributed by atoms with Gasteiger partial charge in [0.1, 0.15) is 36.9 Å². The van der Waals surface area contributed by atoms with Crippen LogP contribution in [-0.2, 0) is 16.0 Å². The number of ether oxygens (including phenoxy) is 1. The molecule has 0 saturated carbocycles. The topological polar surface area (TPSA) is 125 Å². The summed E-state index contributed by atoms with van der Waals surface area (Å²) < 4.78 is 25.3. The molecule has 0 unspecified atom stereocenters. The number of hydrogen-bond donors (Lipinski definition) is 1. The Balaban J connectivity index is 1.24. The van der Waals surface area contributed by atoms with E-state index in [2.05, 4.69) is 15.2 Å². The zero-order valence-corrected chi connectivity index (χ0v) is 19.2. The fourth-order valence-corrected chi connectivity index (χ4v) is 4.07. The van der Waals surface area contributed by atoms with Gasteiger partial charge in [0, 0.05) is 29.9 Å². The van der Waals surface area contributed by atoms with Crippen LogP contribution in [0.5, 0.6) is 0 Å². The minimum atomic E-state index is -0.599. The lowest BCUT2D eigenvalue weighted by molar-refractivity contribution is -0.134. The molecular weight excluding hydrogens is 471 g/mol. The van der Waals surface area contributed by atoms with Crippen molar-refractivity contribution in [1.82, 2.24) is 15.1 Å². The number of aliphatic hydroxyl groups excluding tert-OH is 1. The number of aryl methyl sites for hydroxylation is 1. The van der Waals surface area contributed by atoms with E-state index in [1.165, 1.54) is 28.6 Å². The SMILES string of the molecule is O=C(CO)N1CCN(c2ccc(-c3ccc(N4C[C@H](CCc5ccon5)OC4=O)cc3F)cn2)C=N1. The maximum atomic E-state index is 15.0. The number of carbonyl (C=O) groups excluding carboxylic acids is 2. The van der Waals surface area contributed by atoms with Crippen molar-refractivity contribution in [2.24, 2.45) is 5.10 Å². The Morgan fingerprint density at radius 3 is 2.75 bits per heavy atom.